The van der Waals surface area contributed by atoms with E-state index in [9.17, 15) is 0 Å². The molecule has 0 amide bonds. The number of nitrogens with two attached hydrogens (primary N) is 1. The van der Waals surface area contributed by atoms with Gasteiger partial charge in [-0.2, -0.15) is 5.10 Å². The van der Waals surface area contributed by atoms with Crippen LogP contribution in [0, 0.1) is 5.41 Å². The third-order valence-electron chi connectivity index (χ3n) is 1.69. The van der Waals surface area contributed by atoms with Gasteiger partial charge in [0, 0.05) is 11.8 Å². The first-order valence-electron chi connectivity index (χ1n) is 4.04. The molecule has 0 fully saturated rings. The molecule has 0 aliphatic carbocycles. The molecule has 0 unspecified atom stereocenters. The van der Waals surface area contributed by atoms with E-state index in [4.69, 9.17) is 21.0 Å². The molecule has 4 N–H and O–H groups in total. The highest BCUT2D eigenvalue weighted by Gasteiger charge is 1.98. The maximum atomic E-state index is 8.36. The van der Waals surface area contributed by atoms with Crippen LogP contribution in [0.15, 0.2) is 30.6 Å². The standard InChI is InChI=1S/C8H8N4.CH2O2/c9-8(10)6-4-7-2-1-3-12(7)11-5-6;2-1-3/h1-5H,(H3,9,10);1H,(H,2,3). The first-order chi connectivity index (χ1) is 7.19. The minimum absolute atomic E-state index is 0.0474. The van der Waals surface area contributed by atoms with Crippen LogP contribution in [0.1, 0.15) is 5.56 Å². The summed E-state index contributed by atoms with van der Waals surface area (Å²) in [6.45, 7) is -0.250. The average molecular weight is 206 g/mol. The maximum absolute atomic E-state index is 8.36. The van der Waals surface area contributed by atoms with E-state index < -0.39 is 0 Å². The Morgan fingerprint density at radius 2 is 2.33 bits per heavy atom. The number of hydrogen-bond donors (Lipinski definition) is 3. The van der Waals surface area contributed by atoms with Crippen LogP contribution in [0.25, 0.3) is 5.52 Å². The van der Waals surface area contributed by atoms with Crippen molar-refractivity contribution in [3.8, 4) is 0 Å². The van der Waals surface area contributed by atoms with Gasteiger partial charge < -0.3 is 10.8 Å². The number of aromatic nitrogens is 2. The molecule has 0 radical (unpaired) electrons. The fourth-order valence-electron chi connectivity index (χ4n) is 1.07. The van der Waals surface area contributed by atoms with Gasteiger partial charge in [-0.3, -0.25) is 10.2 Å². The van der Waals surface area contributed by atoms with E-state index in [2.05, 4.69) is 5.10 Å². The summed E-state index contributed by atoms with van der Waals surface area (Å²) in [6, 6.07) is 5.64. The van der Waals surface area contributed by atoms with Gasteiger partial charge in [0.1, 0.15) is 5.84 Å². The SMILES string of the molecule is N=C(N)c1cnn2cccc2c1.O=CO. The van der Waals surface area contributed by atoms with Crippen LogP contribution in [0.3, 0.4) is 0 Å². The minimum atomic E-state index is -0.250. The van der Waals surface area contributed by atoms with Crippen molar-refractivity contribution in [1.82, 2.24) is 9.61 Å². The minimum Gasteiger partial charge on any atom is -0.483 e. The number of fused-ring (bicyclic) bond motifs is 1. The quantitative estimate of drug-likeness (QED) is 0.355. The van der Waals surface area contributed by atoms with Crippen LogP contribution < -0.4 is 5.73 Å². The van der Waals surface area contributed by atoms with Gasteiger partial charge in [-0.05, 0) is 18.2 Å². The lowest BCUT2D eigenvalue weighted by atomic mass is 10.3. The van der Waals surface area contributed by atoms with E-state index in [1.165, 1.54) is 0 Å². The second kappa shape index (κ2) is 4.75. The number of amidine groups is 1. The lowest BCUT2D eigenvalue weighted by Crippen LogP contribution is -2.11. The molecule has 0 atom stereocenters. The summed E-state index contributed by atoms with van der Waals surface area (Å²) in [5.41, 5.74) is 6.91. The summed E-state index contributed by atoms with van der Waals surface area (Å²) >= 11 is 0. The molecule has 6 nitrogen and oxygen atoms in total. The van der Waals surface area contributed by atoms with E-state index in [0.717, 1.165) is 5.52 Å². The van der Waals surface area contributed by atoms with E-state index in [-0.39, 0.29) is 12.3 Å². The second-order valence-corrected chi connectivity index (χ2v) is 2.64. The van der Waals surface area contributed by atoms with Crippen LogP contribution in [0.4, 0.5) is 0 Å². The molecule has 0 aliphatic heterocycles. The number of carbonyl (C=O) groups is 1. The van der Waals surface area contributed by atoms with Gasteiger partial charge in [0.05, 0.1) is 11.7 Å². The topological polar surface area (TPSA) is 104 Å². The van der Waals surface area contributed by atoms with Gasteiger partial charge in [-0.15, -0.1) is 0 Å². The summed E-state index contributed by atoms with van der Waals surface area (Å²) in [7, 11) is 0. The molecule has 2 aromatic rings. The average Bonchev–Trinajstić information content (AvgIpc) is 2.65. The first-order valence-corrected chi connectivity index (χ1v) is 4.04. The predicted molar refractivity (Wildman–Crippen MR) is 54.9 cm³/mol. The molecular weight excluding hydrogens is 196 g/mol. The van der Waals surface area contributed by atoms with Gasteiger partial charge in [0.15, 0.2) is 0 Å². The molecule has 0 aromatic carbocycles. The highest BCUT2D eigenvalue weighted by atomic mass is 16.3. The summed E-state index contributed by atoms with van der Waals surface area (Å²) < 4.78 is 1.73. The van der Waals surface area contributed by atoms with E-state index >= 15 is 0 Å². The Bertz CT molecular complexity index is 478. The highest BCUT2D eigenvalue weighted by molar-refractivity contribution is 5.95. The monoisotopic (exact) mass is 206 g/mol. The van der Waals surface area contributed by atoms with Crippen LogP contribution in [0.2, 0.25) is 0 Å². The van der Waals surface area contributed by atoms with Gasteiger partial charge in [0.2, 0.25) is 0 Å². The third kappa shape index (κ3) is 2.53. The van der Waals surface area contributed by atoms with Gasteiger partial charge in [0.25, 0.3) is 6.47 Å². The zero-order valence-corrected chi connectivity index (χ0v) is 7.79. The summed E-state index contributed by atoms with van der Waals surface area (Å²) in [5.74, 6) is 0.0474. The number of nitrogens with zero attached hydrogens (tertiary/aromatic N) is 2. The Hall–Kier alpha value is -2.37. The van der Waals surface area contributed by atoms with Crippen LogP contribution in [-0.4, -0.2) is 27.0 Å². The fourth-order valence-corrected chi connectivity index (χ4v) is 1.07. The normalized spacial score (nSPS) is 9.07. The zero-order valence-electron chi connectivity index (χ0n) is 7.79. The summed E-state index contributed by atoms with van der Waals surface area (Å²) in [6.07, 6.45) is 3.43. The molecule has 2 rings (SSSR count). The number of rotatable bonds is 1. The smallest absolute Gasteiger partial charge is 0.290 e. The summed E-state index contributed by atoms with van der Waals surface area (Å²) in [5, 5.41) is 18.1. The lowest BCUT2D eigenvalue weighted by molar-refractivity contribution is -0.122. The number of hydrogen-bond acceptors (Lipinski definition) is 3. The number of nitrogen functional groups attached to an aromatic ring is 1. The van der Waals surface area contributed by atoms with Crippen molar-refractivity contribution in [1.29, 1.82) is 5.41 Å². The van der Waals surface area contributed by atoms with Crippen molar-refractivity contribution in [3.05, 3.63) is 36.2 Å². The molecule has 15 heavy (non-hydrogen) atoms. The highest BCUT2D eigenvalue weighted by Crippen LogP contribution is 2.04. The van der Waals surface area contributed by atoms with Crippen molar-refractivity contribution < 1.29 is 9.90 Å². The summed E-state index contributed by atoms with van der Waals surface area (Å²) in [4.78, 5) is 8.36. The molecule has 6 heteroatoms. The molecule has 2 aromatic heterocycles. The van der Waals surface area contributed by atoms with Crippen molar-refractivity contribution in [2.24, 2.45) is 5.73 Å². The molecule has 0 saturated carbocycles. The van der Waals surface area contributed by atoms with Crippen molar-refractivity contribution in [2.75, 3.05) is 0 Å². The molecule has 0 spiro atoms. The number of carboxylic acid groups (broad SMARTS) is 1. The predicted octanol–water partition coefficient (Wildman–Crippen LogP) is 0.319. The molecule has 2 heterocycles. The van der Waals surface area contributed by atoms with Gasteiger partial charge in [-0.1, -0.05) is 0 Å². The van der Waals surface area contributed by atoms with Crippen molar-refractivity contribution in [3.63, 3.8) is 0 Å². The Balaban J connectivity index is 0.000000337. The third-order valence-corrected chi connectivity index (χ3v) is 1.69. The zero-order chi connectivity index (χ0) is 11.3. The molecular formula is C9H10N4O2. The lowest BCUT2D eigenvalue weighted by Gasteiger charge is -1.97. The molecule has 0 bridgehead atoms. The number of nitrogens with one attached hydrogen (secondary N) is 1. The Morgan fingerprint density at radius 3 is 2.93 bits per heavy atom. The Morgan fingerprint density at radius 1 is 1.67 bits per heavy atom. The van der Waals surface area contributed by atoms with E-state index in [1.807, 2.05) is 24.4 Å². The van der Waals surface area contributed by atoms with Crippen LogP contribution in [0.5, 0.6) is 0 Å². The molecule has 0 saturated heterocycles. The molecule has 0 aliphatic rings. The maximum Gasteiger partial charge on any atom is 0.290 e. The van der Waals surface area contributed by atoms with Crippen LogP contribution >= 0.6 is 0 Å². The second-order valence-electron chi connectivity index (χ2n) is 2.64. The van der Waals surface area contributed by atoms with Crippen molar-refractivity contribution >= 4 is 17.8 Å². The Kier molecular flexibility index (Phi) is 3.39. The van der Waals surface area contributed by atoms with E-state index in [0.29, 0.717) is 5.56 Å². The van der Waals surface area contributed by atoms with Crippen LogP contribution in [-0.2, 0) is 4.79 Å². The van der Waals surface area contributed by atoms with Gasteiger partial charge >= 0.3 is 0 Å². The van der Waals surface area contributed by atoms with E-state index in [1.54, 1.807) is 10.7 Å². The van der Waals surface area contributed by atoms with Crippen molar-refractivity contribution in [2.45, 2.75) is 0 Å². The fraction of sp³-hybridized carbons (Fsp3) is 0. The Labute approximate surface area is 85.5 Å². The first kappa shape index (κ1) is 10.7. The largest absolute Gasteiger partial charge is 0.483 e. The molecule has 78 valence electrons. The van der Waals surface area contributed by atoms with Gasteiger partial charge in [-0.25, -0.2) is 4.52 Å².